The van der Waals surface area contributed by atoms with Gasteiger partial charge in [0.25, 0.3) is 5.91 Å². The third kappa shape index (κ3) is 5.83. The van der Waals surface area contributed by atoms with Crippen molar-refractivity contribution in [1.29, 1.82) is 0 Å². The van der Waals surface area contributed by atoms with Crippen molar-refractivity contribution in [3.8, 4) is 0 Å². The summed E-state index contributed by atoms with van der Waals surface area (Å²) in [5.74, 6) is -0.528. The largest absolute Gasteiger partial charge is 0.481 e. The van der Waals surface area contributed by atoms with Gasteiger partial charge in [0.15, 0.2) is 0 Å². The van der Waals surface area contributed by atoms with Crippen LogP contribution in [-0.4, -0.2) is 28.5 Å². The number of carbonyl (C=O) groups is 2. The van der Waals surface area contributed by atoms with Crippen LogP contribution in [0, 0.1) is 0 Å². The van der Waals surface area contributed by atoms with Gasteiger partial charge in [0, 0.05) is 18.9 Å². The Morgan fingerprint density at radius 1 is 1.37 bits per heavy atom. The van der Waals surface area contributed by atoms with Crippen LogP contribution in [0.5, 0.6) is 0 Å². The first-order valence-electron chi connectivity index (χ1n) is 6.46. The monoisotopic (exact) mass is 284 g/mol. The van der Waals surface area contributed by atoms with Crippen molar-refractivity contribution in [2.24, 2.45) is 0 Å². The van der Waals surface area contributed by atoms with E-state index in [1.54, 1.807) is 6.20 Å². The lowest BCUT2D eigenvalue weighted by molar-refractivity contribution is -0.137. The van der Waals surface area contributed by atoms with Crippen LogP contribution in [0.1, 0.15) is 60.1 Å². The Bertz CT molecular complexity index is 429. The lowest BCUT2D eigenvalue weighted by Gasteiger charge is -2.02. The van der Waals surface area contributed by atoms with Crippen LogP contribution in [-0.2, 0) is 4.79 Å². The molecule has 106 valence electrons. The minimum atomic E-state index is -0.769. The molecule has 1 heterocycles. The molecular formula is C13H20N2O3S. The molecule has 1 aromatic rings. The van der Waals surface area contributed by atoms with E-state index < -0.39 is 5.97 Å². The van der Waals surface area contributed by atoms with Gasteiger partial charge in [-0.3, -0.25) is 9.59 Å². The van der Waals surface area contributed by atoms with E-state index >= 15 is 0 Å². The highest BCUT2D eigenvalue weighted by molar-refractivity contribution is 7.13. The SMILES string of the molecule is CC(C)c1ncc(C(=O)NCCCCCC(=O)O)s1. The van der Waals surface area contributed by atoms with Crippen LogP contribution in [0.4, 0.5) is 0 Å². The molecule has 1 amide bonds. The van der Waals surface area contributed by atoms with Crippen molar-refractivity contribution in [3.05, 3.63) is 16.1 Å². The second kappa shape index (κ2) is 7.89. The average Bonchev–Trinajstić information content (AvgIpc) is 2.82. The predicted octanol–water partition coefficient (Wildman–Crippen LogP) is 2.64. The van der Waals surface area contributed by atoms with Crippen LogP contribution in [0.3, 0.4) is 0 Å². The Hall–Kier alpha value is -1.43. The van der Waals surface area contributed by atoms with Crippen LogP contribution < -0.4 is 5.32 Å². The fourth-order valence-corrected chi connectivity index (χ4v) is 2.36. The Morgan fingerprint density at radius 2 is 2.11 bits per heavy atom. The molecular weight excluding hydrogens is 264 g/mol. The van der Waals surface area contributed by atoms with Crippen molar-refractivity contribution in [2.75, 3.05) is 6.54 Å². The molecule has 0 unspecified atom stereocenters. The summed E-state index contributed by atoms with van der Waals surface area (Å²) >= 11 is 1.42. The van der Waals surface area contributed by atoms with Crippen molar-refractivity contribution in [3.63, 3.8) is 0 Å². The highest BCUT2D eigenvalue weighted by atomic mass is 32.1. The van der Waals surface area contributed by atoms with E-state index in [0.29, 0.717) is 23.8 Å². The molecule has 1 aromatic heterocycles. The highest BCUT2D eigenvalue weighted by Crippen LogP contribution is 2.20. The minimum Gasteiger partial charge on any atom is -0.481 e. The average molecular weight is 284 g/mol. The number of thiazole rings is 1. The summed E-state index contributed by atoms with van der Waals surface area (Å²) in [5.41, 5.74) is 0. The molecule has 2 N–H and O–H groups in total. The van der Waals surface area contributed by atoms with E-state index in [2.05, 4.69) is 10.3 Å². The van der Waals surface area contributed by atoms with Gasteiger partial charge in [0.2, 0.25) is 0 Å². The number of aliphatic carboxylic acids is 1. The summed E-state index contributed by atoms with van der Waals surface area (Å²) in [6.45, 7) is 4.67. The molecule has 0 aromatic carbocycles. The molecule has 0 spiro atoms. The first kappa shape index (κ1) is 15.6. The number of carboxylic acid groups (broad SMARTS) is 1. The number of aromatic nitrogens is 1. The van der Waals surface area contributed by atoms with E-state index in [4.69, 9.17) is 5.11 Å². The van der Waals surface area contributed by atoms with Gasteiger partial charge in [0.05, 0.1) is 11.2 Å². The molecule has 6 heteroatoms. The van der Waals surface area contributed by atoms with Gasteiger partial charge in [-0.15, -0.1) is 11.3 Å². The second-order valence-corrected chi connectivity index (χ2v) is 5.74. The standard InChI is InChI=1S/C13H20N2O3S/c1-9(2)13-15-8-10(19-13)12(18)14-7-5-3-4-6-11(16)17/h8-9H,3-7H2,1-2H3,(H,14,18)(H,16,17). The van der Waals surface area contributed by atoms with Crippen molar-refractivity contribution in [2.45, 2.75) is 45.4 Å². The third-order valence-electron chi connectivity index (χ3n) is 2.59. The Morgan fingerprint density at radius 3 is 2.68 bits per heavy atom. The number of hydrogen-bond acceptors (Lipinski definition) is 4. The van der Waals surface area contributed by atoms with Gasteiger partial charge in [-0.05, 0) is 12.8 Å². The molecule has 0 aliphatic carbocycles. The number of carbonyl (C=O) groups excluding carboxylic acids is 1. The fourth-order valence-electron chi connectivity index (χ4n) is 1.53. The molecule has 5 nitrogen and oxygen atoms in total. The predicted molar refractivity (Wildman–Crippen MR) is 74.6 cm³/mol. The Balaban J connectivity index is 2.22. The smallest absolute Gasteiger partial charge is 0.303 e. The van der Waals surface area contributed by atoms with Gasteiger partial charge >= 0.3 is 5.97 Å². The third-order valence-corrected chi connectivity index (χ3v) is 3.89. The summed E-state index contributed by atoms with van der Waals surface area (Å²) in [4.78, 5) is 26.9. The van der Waals surface area contributed by atoms with Gasteiger partial charge in [-0.25, -0.2) is 4.98 Å². The lowest BCUT2D eigenvalue weighted by atomic mass is 10.2. The maximum Gasteiger partial charge on any atom is 0.303 e. The zero-order valence-electron chi connectivity index (χ0n) is 11.3. The Kier molecular flexibility index (Phi) is 6.49. The summed E-state index contributed by atoms with van der Waals surface area (Å²) in [6, 6.07) is 0. The maximum atomic E-state index is 11.8. The molecule has 0 bridgehead atoms. The Labute approximate surface area is 117 Å². The van der Waals surface area contributed by atoms with E-state index in [9.17, 15) is 9.59 Å². The summed E-state index contributed by atoms with van der Waals surface area (Å²) in [6.07, 6.45) is 4.07. The topological polar surface area (TPSA) is 79.3 Å². The summed E-state index contributed by atoms with van der Waals surface area (Å²) in [7, 11) is 0. The second-order valence-electron chi connectivity index (χ2n) is 4.68. The van der Waals surface area contributed by atoms with E-state index in [-0.39, 0.29) is 12.3 Å². The summed E-state index contributed by atoms with van der Waals surface area (Å²) in [5, 5.41) is 12.3. The zero-order valence-corrected chi connectivity index (χ0v) is 12.1. The molecule has 0 aliphatic heterocycles. The van der Waals surface area contributed by atoms with Crippen LogP contribution in [0.15, 0.2) is 6.20 Å². The molecule has 19 heavy (non-hydrogen) atoms. The number of amides is 1. The number of rotatable bonds is 8. The first-order valence-corrected chi connectivity index (χ1v) is 7.28. The normalized spacial score (nSPS) is 10.7. The molecule has 1 rings (SSSR count). The maximum absolute atomic E-state index is 11.8. The van der Waals surface area contributed by atoms with E-state index in [1.165, 1.54) is 11.3 Å². The molecule has 0 atom stereocenters. The fraction of sp³-hybridized carbons (Fsp3) is 0.615. The van der Waals surface area contributed by atoms with Crippen molar-refractivity contribution in [1.82, 2.24) is 10.3 Å². The molecule has 0 fully saturated rings. The van der Waals surface area contributed by atoms with Gasteiger partial charge in [-0.2, -0.15) is 0 Å². The highest BCUT2D eigenvalue weighted by Gasteiger charge is 2.11. The number of carboxylic acids is 1. The van der Waals surface area contributed by atoms with Gasteiger partial charge < -0.3 is 10.4 Å². The van der Waals surface area contributed by atoms with Crippen LogP contribution in [0.2, 0.25) is 0 Å². The molecule has 0 saturated heterocycles. The molecule has 0 radical (unpaired) electrons. The number of nitrogens with zero attached hydrogens (tertiary/aromatic N) is 1. The zero-order chi connectivity index (χ0) is 14.3. The molecule has 0 saturated carbocycles. The number of nitrogens with one attached hydrogen (secondary N) is 1. The number of unbranched alkanes of at least 4 members (excludes halogenated alkanes) is 2. The number of hydrogen-bond donors (Lipinski definition) is 2. The molecule has 0 aliphatic rings. The van der Waals surface area contributed by atoms with E-state index in [1.807, 2.05) is 13.8 Å². The van der Waals surface area contributed by atoms with Crippen LogP contribution in [0.25, 0.3) is 0 Å². The van der Waals surface area contributed by atoms with Crippen molar-refractivity contribution < 1.29 is 14.7 Å². The van der Waals surface area contributed by atoms with E-state index in [0.717, 1.165) is 17.8 Å². The summed E-state index contributed by atoms with van der Waals surface area (Å²) < 4.78 is 0. The van der Waals surface area contributed by atoms with Crippen LogP contribution >= 0.6 is 11.3 Å². The van der Waals surface area contributed by atoms with Crippen molar-refractivity contribution >= 4 is 23.2 Å². The van der Waals surface area contributed by atoms with Gasteiger partial charge in [0.1, 0.15) is 4.88 Å². The first-order chi connectivity index (χ1) is 9.00. The van der Waals surface area contributed by atoms with Gasteiger partial charge in [-0.1, -0.05) is 20.3 Å². The lowest BCUT2D eigenvalue weighted by Crippen LogP contribution is -2.23. The minimum absolute atomic E-state index is 0.0948. The quantitative estimate of drug-likeness (QED) is 0.719.